The zero-order chi connectivity index (χ0) is 16.9. The number of benzene rings is 3. The van der Waals surface area contributed by atoms with Crippen LogP contribution in [0.2, 0.25) is 0 Å². The zero-order valence-corrected chi connectivity index (χ0v) is 13.2. The Hall–Kier alpha value is -3.32. The minimum Gasteiger partial charge on any atom is -0.496 e. The van der Waals surface area contributed by atoms with Crippen molar-refractivity contribution >= 4 is 16.7 Å². The van der Waals surface area contributed by atoms with Crippen LogP contribution in [0.15, 0.2) is 60.7 Å². The molecule has 0 atom stereocenters. The van der Waals surface area contributed by atoms with Crippen LogP contribution in [0.25, 0.3) is 10.8 Å². The van der Waals surface area contributed by atoms with Gasteiger partial charge in [-0.2, -0.15) is 5.26 Å². The summed E-state index contributed by atoms with van der Waals surface area (Å²) in [4.78, 5) is 12.4. The highest BCUT2D eigenvalue weighted by Gasteiger charge is 2.15. The molecule has 4 nitrogen and oxygen atoms in total. The summed E-state index contributed by atoms with van der Waals surface area (Å²) >= 11 is 0. The summed E-state index contributed by atoms with van der Waals surface area (Å²) in [6.07, 6.45) is 0. The maximum absolute atomic E-state index is 12.4. The third kappa shape index (κ3) is 3.21. The molecule has 3 rings (SSSR count). The first-order valence-electron chi connectivity index (χ1n) is 7.44. The smallest absolute Gasteiger partial charge is 0.342 e. The Morgan fingerprint density at radius 2 is 1.71 bits per heavy atom. The van der Waals surface area contributed by atoms with Crippen LogP contribution in [0.5, 0.6) is 5.75 Å². The fourth-order valence-electron chi connectivity index (χ4n) is 2.45. The van der Waals surface area contributed by atoms with E-state index in [1.165, 1.54) is 7.11 Å². The molecule has 0 heterocycles. The van der Waals surface area contributed by atoms with Crippen LogP contribution in [0.1, 0.15) is 21.5 Å². The van der Waals surface area contributed by atoms with Gasteiger partial charge in [0.05, 0.1) is 18.7 Å². The van der Waals surface area contributed by atoms with Crippen LogP contribution < -0.4 is 4.74 Å². The Labute approximate surface area is 139 Å². The van der Waals surface area contributed by atoms with Crippen molar-refractivity contribution in [1.82, 2.24) is 0 Å². The summed E-state index contributed by atoms with van der Waals surface area (Å²) in [5, 5.41) is 10.7. The van der Waals surface area contributed by atoms with E-state index in [1.54, 1.807) is 30.3 Å². The second-order valence-electron chi connectivity index (χ2n) is 5.28. The molecular formula is C20H15NO3. The van der Waals surface area contributed by atoms with Crippen molar-refractivity contribution in [2.75, 3.05) is 7.11 Å². The molecule has 118 valence electrons. The number of esters is 1. The molecule has 0 aromatic heterocycles. The van der Waals surface area contributed by atoms with Gasteiger partial charge in [0.15, 0.2) is 0 Å². The van der Waals surface area contributed by atoms with Crippen molar-refractivity contribution in [3.8, 4) is 11.8 Å². The highest BCUT2D eigenvalue weighted by Crippen LogP contribution is 2.26. The van der Waals surface area contributed by atoms with Crippen molar-refractivity contribution in [3.63, 3.8) is 0 Å². The molecule has 0 aliphatic heterocycles. The second-order valence-corrected chi connectivity index (χ2v) is 5.28. The molecule has 0 bridgehead atoms. The van der Waals surface area contributed by atoms with E-state index in [-0.39, 0.29) is 6.61 Å². The molecule has 0 saturated carbocycles. The SMILES string of the molecule is COc1cc2ccccc2cc1C(=O)OCc1ccc(C#N)cc1. The van der Waals surface area contributed by atoms with Crippen molar-refractivity contribution in [2.45, 2.75) is 6.61 Å². The van der Waals surface area contributed by atoms with Gasteiger partial charge in [-0.3, -0.25) is 0 Å². The fraction of sp³-hybridized carbons (Fsp3) is 0.100. The second kappa shape index (κ2) is 6.84. The lowest BCUT2D eigenvalue weighted by molar-refractivity contribution is 0.0469. The molecule has 0 radical (unpaired) electrons. The summed E-state index contributed by atoms with van der Waals surface area (Å²) in [6, 6.07) is 20.3. The summed E-state index contributed by atoms with van der Waals surface area (Å²) in [5.74, 6) is 0.0421. The third-order valence-electron chi connectivity index (χ3n) is 3.74. The number of hydrogen-bond donors (Lipinski definition) is 0. The maximum atomic E-state index is 12.4. The van der Waals surface area contributed by atoms with E-state index in [9.17, 15) is 4.79 Å². The molecule has 0 spiro atoms. The molecule has 0 unspecified atom stereocenters. The summed E-state index contributed by atoms with van der Waals surface area (Å²) in [7, 11) is 1.53. The van der Waals surface area contributed by atoms with Crippen LogP contribution in [0.3, 0.4) is 0 Å². The Balaban J connectivity index is 1.81. The number of nitriles is 1. The average Bonchev–Trinajstić information content (AvgIpc) is 2.65. The highest BCUT2D eigenvalue weighted by atomic mass is 16.5. The van der Waals surface area contributed by atoms with Crippen molar-refractivity contribution in [3.05, 3.63) is 77.4 Å². The number of nitrogens with zero attached hydrogens (tertiary/aromatic N) is 1. The lowest BCUT2D eigenvalue weighted by atomic mass is 10.1. The van der Waals surface area contributed by atoms with Gasteiger partial charge in [0.1, 0.15) is 17.9 Å². The molecule has 0 fully saturated rings. The van der Waals surface area contributed by atoms with Gasteiger partial charge in [0.2, 0.25) is 0 Å². The number of rotatable bonds is 4. The van der Waals surface area contributed by atoms with Gasteiger partial charge in [-0.25, -0.2) is 4.79 Å². The van der Waals surface area contributed by atoms with Gasteiger partial charge in [0.25, 0.3) is 0 Å². The average molecular weight is 317 g/mol. The first-order chi connectivity index (χ1) is 11.7. The van der Waals surface area contributed by atoms with E-state index in [2.05, 4.69) is 6.07 Å². The molecule has 0 N–H and O–H groups in total. The van der Waals surface area contributed by atoms with Gasteiger partial charge in [-0.15, -0.1) is 0 Å². The van der Waals surface area contributed by atoms with E-state index < -0.39 is 5.97 Å². The fourth-order valence-corrected chi connectivity index (χ4v) is 2.45. The van der Waals surface area contributed by atoms with Crippen LogP contribution >= 0.6 is 0 Å². The van der Waals surface area contributed by atoms with Crippen molar-refractivity contribution in [2.24, 2.45) is 0 Å². The zero-order valence-electron chi connectivity index (χ0n) is 13.2. The Morgan fingerprint density at radius 1 is 1.04 bits per heavy atom. The van der Waals surface area contributed by atoms with E-state index in [0.717, 1.165) is 16.3 Å². The molecule has 0 saturated heterocycles. The molecular weight excluding hydrogens is 302 g/mol. The van der Waals surface area contributed by atoms with Gasteiger partial charge >= 0.3 is 5.97 Å². The molecule has 0 amide bonds. The van der Waals surface area contributed by atoms with E-state index >= 15 is 0 Å². The topological polar surface area (TPSA) is 59.3 Å². The predicted molar refractivity (Wildman–Crippen MR) is 90.8 cm³/mol. The number of fused-ring (bicyclic) bond motifs is 1. The summed E-state index contributed by atoms with van der Waals surface area (Å²) < 4.78 is 10.7. The molecule has 0 aliphatic carbocycles. The predicted octanol–water partition coefficient (Wildman–Crippen LogP) is 4.08. The van der Waals surface area contributed by atoms with Crippen molar-refractivity contribution < 1.29 is 14.3 Å². The van der Waals surface area contributed by atoms with Crippen LogP contribution in [-0.4, -0.2) is 13.1 Å². The van der Waals surface area contributed by atoms with E-state index in [1.807, 2.05) is 30.3 Å². The lowest BCUT2D eigenvalue weighted by Crippen LogP contribution is -2.07. The van der Waals surface area contributed by atoms with E-state index in [4.69, 9.17) is 14.7 Å². The van der Waals surface area contributed by atoms with Crippen LogP contribution in [0, 0.1) is 11.3 Å². The van der Waals surface area contributed by atoms with Crippen LogP contribution in [0.4, 0.5) is 0 Å². The number of carbonyl (C=O) groups is 1. The third-order valence-corrected chi connectivity index (χ3v) is 3.74. The van der Waals surface area contributed by atoms with Gasteiger partial charge < -0.3 is 9.47 Å². The minimum absolute atomic E-state index is 0.139. The number of ether oxygens (including phenoxy) is 2. The Bertz CT molecular complexity index is 924. The Morgan fingerprint density at radius 3 is 2.33 bits per heavy atom. The standard InChI is InChI=1S/C20H15NO3/c1-23-19-11-17-5-3-2-4-16(17)10-18(19)20(22)24-13-15-8-6-14(12-21)7-9-15/h2-11H,13H2,1H3. The maximum Gasteiger partial charge on any atom is 0.342 e. The summed E-state index contributed by atoms with van der Waals surface area (Å²) in [5.41, 5.74) is 1.79. The quantitative estimate of drug-likeness (QED) is 0.680. The molecule has 3 aromatic carbocycles. The first-order valence-corrected chi connectivity index (χ1v) is 7.44. The lowest BCUT2D eigenvalue weighted by Gasteiger charge is -2.10. The highest BCUT2D eigenvalue weighted by molar-refractivity contribution is 5.98. The first kappa shape index (κ1) is 15.6. The van der Waals surface area contributed by atoms with Crippen molar-refractivity contribution in [1.29, 1.82) is 5.26 Å². The minimum atomic E-state index is -0.443. The number of hydrogen-bond acceptors (Lipinski definition) is 4. The molecule has 24 heavy (non-hydrogen) atoms. The molecule has 4 heteroatoms. The van der Waals surface area contributed by atoms with E-state index in [0.29, 0.717) is 16.9 Å². The normalized spacial score (nSPS) is 10.2. The monoisotopic (exact) mass is 317 g/mol. The van der Waals surface area contributed by atoms with Gasteiger partial charge in [0, 0.05) is 0 Å². The molecule has 3 aromatic rings. The largest absolute Gasteiger partial charge is 0.496 e. The van der Waals surface area contributed by atoms with Gasteiger partial charge in [-0.1, -0.05) is 36.4 Å². The van der Waals surface area contributed by atoms with Gasteiger partial charge in [-0.05, 0) is 40.6 Å². The molecule has 0 aliphatic rings. The van der Waals surface area contributed by atoms with Crippen LogP contribution in [-0.2, 0) is 11.3 Å². The Kier molecular flexibility index (Phi) is 4.44. The number of carbonyl (C=O) groups excluding carboxylic acids is 1. The summed E-state index contributed by atoms with van der Waals surface area (Å²) in [6.45, 7) is 0.139. The number of methoxy groups -OCH3 is 1.